The largest absolute Gasteiger partial charge is 0.381 e. The van der Waals surface area contributed by atoms with Crippen LogP contribution in [-0.2, 0) is 17.8 Å². The van der Waals surface area contributed by atoms with Crippen molar-refractivity contribution in [1.29, 1.82) is 5.26 Å². The van der Waals surface area contributed by atoms with Gasteiger partial charge < -0.3 is 10.1 Å². The topological polar surface area (TPSA) is 125 Å². The molecule has 1 saturated heterocycles. The average Bonchev–Trinajstić information content (AvgIpc) is 3.04. The summed E-state index contributed by atoms with van der Waals surface area (Å²) in [6.45, 7) is 4.12. The number of azide groups is 1. The third-order valence-corrected chi connectivity index (χ3v) is 4.15. The number of ether oxygens (including phenoxy) is 1. The van der Waals surface area contributed by atoms with Crippen molar-refractivity contribution in [2.24, 2.45) is 5.11 Å². The quantitative estimate of drug-likeness (QED) is 0.514. The van der Waals surface area contributed by atoms with Gasteiger partial charge in [-0.05, 0) is 25.3 Å². The molecule has 24 heavy (non-hydrogen) atoms. The SMILES string of the molecule is CCn1ncc2c(NC3CCOCC3)c(CN=[N+]=[N-])c(C#N)nc21. The highest BCUT2D eigenvalue weighted by Gasteiger charge is 2.21. The maximum atomic E-state index is 9.48. The van der Waals surface area contributed by atoms with Gasteiger partial charge in [-0.15, -0.1) is 0 Å². The highest BCUT2D eigenvalue weighted by molar-refractivity contribution is 5.92. The fourth-order valence-corrected chi connectivity index (χ4v) is 2.92. The Morgan fingerprint density at radius 2 is 2.33 bits per heavy atom. The minimum Gasteiger partial charge on any atom is -0.381 e. The van der Waals surface area contributed by atoms with Crippen LogP contribution in [0.3, 0.4) is 0 Å². The lowest BCUT2D eigenvalue weighted by Gasteiger charge is -2.25. The first kappa shape index (κ1) is 16.1. The Hall–Kier alpha value is -2.82. The third kappa shape index (κ3) is 2.97. The Morgan fingerprint density at radius 3 is 3.00 bits per heavy atom. The Labute approximate surface area is 138 Å². The fourth-order valence-electron chi connectivity index (χ4n) is 2.92. The van der Waals surface area contributed by atoms with E-state index in [2.05, 4.69) is 31.5 Å². The van der Waals surface area contributed by atoms with Gasteiger partial charge in [0.2, 0.25) is 0 Å². The van der Waals surface area contributed by atoms with Gasteiger partial charge in [-0.25, -0.2) is 9.67 Å². The van der Waals surface area contributed by atoms with Crippen molar-refractivity contribution >= 4 is 16.7 Å². The van der Waals surface area contributed by atoms with E-state index >= 15 is 0 Å². The van der Waals surface area contributed by atoms with Crippen molar-refractivity contribution in [3.63, 3.8) is 0 Å². The van der Waals surface area contributed by atoms with Gasteiger partial charge >= 0.3 is 0 Å². The molecule has 0 aromatic carbocycles. The molecule has 0 radical (unpaired) electrons. The average molecular weight is 326 g/mol. The van der Waals surface area contributed by atoms with Gasteiger partial charge in [-0.3, -0.25) is 0 Å². The predicted octanol–water partition coefficient (Wildman–Crippen LogP) is 2.72. The number of aryl methyl sites for hydroxylation is 1. The number of nitrogens with zero attached hydrogens (tertiary/aromatic N) is 7. The molecule has 1 fully saturated rings. The van der Waals surface area contributed by atoms with E-state index in [-0.39, 0.29) is 18.3 Å². The Balaban J connectivity index is 2.14. The highest BCUT2D eigenvalue weighted by atomic mass is 16.5. The van der Waals surface area contributed by atoms with E-state index in [1.54, 1.807) is 10.9 Å². The number of fused-ring (bicyclic) bond motifs is 1. The lowest BCUT2D eigenvalue weighted by Crippen LogP contribution is -2.28. The molecule has 124 valence electrons. The summed E-state index contributed by atoms with van der Waals surface area (Å²) in [4.78, 5) is 7.24. The summed E-state index contributed by atoms with van der Waals surface area (Å²) >= 11 is 0. The summed E-state index contributed by atoms with van der Waals surface area (Å²) in [5.41, 5.74) is 11.0. The van der Waals surface area contributed by atoms with E-state index in [1.165, 1.54) is 0 Å². The molecular weight excluding hydrogens is 308 g/mol. The van der Waals surface area contributed by atoms with Gasteiger partial charge in [-0.2, -0.15) is 10.4 Å². The van der Waals surface area contributed by atoms with Crippen LogP contribution >= 0.6 is 0 Å². The number of aromatic nitrogens is 3. The molecule has 2 aromatic rings. The van der Waals surface area contributed by atoms with Gasteiger partial charge in [0.15, 0.2) is 5.65 Å². The number of nitriles is 1. The highest BCUT2D eigenvalue weighted by Crippen LogP contribution is 2.31. The second-order valence-corrected chi connectivity index (χ2v) is 5.54. The van der Waals surface area contributed by atoms with Crippen LogP contribution in [0.25, 0.3) is 21.5 Å². The number of anilines is 1. The second kappa shape index (κ2) is 7.17. The Morgan fingerprint density at radius 1 is 1.54 bits per heavy atom. The predicted molar refractivity (Wildman–Crippen MR) is 88.2 cm³/mol. The Bertz CT molecular complexity index is 824. The molecule has 0 amide bonds. The lowest BCUT2D eigenvalue weighted by atomic mass is 10.0. The van der Waals surface area contributed by atoms with E-state index < -0.39 is 0 Å². The smallest absolute Gasteiger partial charge is 0.161 e. The molecule has 3 heterocycles. The second-order valence-electron chi connectivity index (χ2n) is 5.54. The summed E-state index contributed by atoms with van der Waals surface area (Å²) in [7, 11) is 0. The number of rotatable bonds is 5. The zero-order valence-corrected chi connectivity index (χ0v) is 13.4. The van der Waals surface area contributed by atoms with Crippen molar-refractivity contribution in [2.45, 2.75) is 38.9 Å². The van der Waals surface area contributed by atoms with Gasteiger partial charge in [0, 0.05) is 36.3 Å². The summed E-state index contributed by atoms with van der Waals surface area (Å²) < 4.78 is 7.15. The van der Waals surface area contributed by atoms with E-state index in [1.807, 2.05) is 6.92 Å². The first-order chi connectivity index (χ1) is 11.8. The molecule has 0 spiro atoms. The molecule has 0 unspecified atom stereocenters. The van der Waals surface area contributed by atoms with Crippen molar-refractivity contribution in [2.75, 3.05) is 18.5 Å². The zero-order chi connectivity index (χ0) is 16.9. The van der Waals surface area contributed by atoms with Gasteiger partial charge in [0.05, 0.1) is 23.8 Å². The van der Waals surface area contributed by atoms with Gasteiger partial charge in [0.25, 0.3) is 0 Å². The van der Waals surface area contributed by atoms with Crippen LogP contribution in [0.5, 0.6) is 0 Å². The van der Waals surface area contributed by atoms with Gasteiger partial charge in [-0.1, -0.05) is 5.11 Å². The van der Waals surface area contributed by atoms with Crippen molar-refractivity contribution in [3.8, 4) is 6.07 Å². The van der Waals surface area contributed by atoms with Crippen LogP contribution in [0.2, 0.25) is 0 Å². The Kier molecular flexibility index (Phi) is 4.79. The summed E-state index contributed by atoms with van der Waals surface area (Å²) in [5.74, 6) is 0. The van der Waals surface area contributed by atoms with Crippen LogP contribution in [0.4, 0.5) is 5.69 Å². The third-order valence-electron chi connectivity index (χ3n) is 4.15. The first-order valence-corrected chi connectivity index (χ1v) is 7.92. The van der Waals surface area contributed by atoms with E-state index in [9.17, 15) is 5.26 Å². The van der Waals surface area contributed by atoms with Crippen molar-refractivity contribution < 1.29 is 4.74 Å². The van der Waals surface area contributed by atoms with E-state index in [0.717, 1.165) is 23.9 Å². The molecule has 1 aliphatic heterocycles. The van der Waals surface area contributed by atoms with Crippen molar-refractivity contribution in [1.82, 2.24) is 14.8 Å². The maximum absolute atomic E-state index is 9.48. The molecule has 2 aromatic heterocycles. The number of hydrogen-bond donors (Lipinski definition) is 1. The molecule has 0 atom stereocenters. The van der Waals surface area contributed by atoms with Crippen molar-refractivity contribution in [3.05, 3.63) is 27.9 Å². The standard InChI is InChI=1S/C15H18N8O/c1-2-23-15-12(9-19-23)14(20-10-3-5-24-6-4-10)11(8-18-22-17)13(7-16)21-15/h9-10H,2-6,8H2,1H3,(H,20,21). The van der Waals surface area contributed by atoms with Crippen LogP contribution < -0.4 is 5.32 Å². The van der Waals surface area contributed by atoms with Gasteiger partial charge in [0.1, 0.15) is 11.8 Å². The van der Waals surface area contributed by atoms with Crippen LogP contribution in [0.1, 0.15) is 31.0 Å². The normalized spacial score (nSPS) is 15.0. The number of hydrogen-bond acceptors (Lipinski definition) is 6. The minimum absolute atomic E-state index is 0.0746. The zero-order valence-electron chi connectivity index (χ0n) is 13.4. The monoisotopic (exact) mass is 326 g/mol. The molecule has 0 saturated carbocycles. The molecule has 9 nitrogen and oxygen atoms in total. The maximum Gasteiger partial charge on any atom is 0.161 e. The first-order valence-electron chi connectivity index (χ1n) is 7.92. The van der Waals surface area contributed by atoms with Crippen LogP contribution in [0, 0.1) is 11.3 Å². The summed E-state index contributed by atoms with van der Waals surface area (Å²) in [5, 5.41) is 21.8. The fraction of sp³-hybridized carbons (Fsp3) is 0.533. The van der Waals surface area contributed by atoms with E-state index in [4.69, 9.17) is 10.3 Å². The van der Waals surface area contributed by atoms with Crippen LogP contribution in [0.15, 0.2) is 11.3 Å². The molecular formula is C15H18N8O. The molecule has 0 bridgehead atoms. The lowest BCUT2D eigenvalue weighted by molar-refractivity contribution is 0.0904. The number of pyridine rings is 1. The molecule has 3 rings (SSSR count). The molecule has 1 aliphatic rings. The number of nitrogens with one attached hydrogen (secondary N) is 1. The molecule has 9 heteroatoms. The summed E-state index contributed by atoms with van der Waals surface area (Å²) in [6.07, 6.45) is 3.51. The molecule has 1 N–H and O–H groups in total. The van der Waals surface area contributed by atoms with Crippen LogP contribution in [-0.4, -0.2) is 34.0 Å². The minimum atomic E-state index is 0.0746. The summed E-state index contributed by atoms with van der Waals surface area (Å²) in [6, 6.07) is 2.36. The molecule has 0 aliphatic carbocycles. The van der Waals surface area contributed by atoms with E-state index in [0.29, 0.717) is 31.0 Å².